The summed E-state index contributed by atoms with van der Waals surface area (Å²) in [5.41, 5.74) is 11.5. The lowest BCUT2D eigenvalue weighted by atomic mass is 9.73. The van der Waals surface area contributed by atoms with E-state index in [1.54, 1.807) is 0 Å². The highest BCUT2D eigenvalue weighted by Crippen LogP contribution is 2.52. The third kappa shape index (κ3) is 4.39. The van der Waals surface area contributed by atoms with Crippen LogP contribution >= 0.6 is 0 Å². The fraction of sp³-hybridized carbons (Fsp3) is 0.0714. The van der Waals surface area contributed by atoms with Gasteiger partial charge in [-0.15, -0.1) is 0 Å². The summed E-state index contributed by atoms with van der Waals surface area (Å²) in [4.78, 5) is 7.70. The van der Waals surface area contributed by atoms with E-state index in [4.69, 9.17) is 4.98 Å². The Labute approximate surface area is 258 Å². The molecule has 0 saturated heterocycles. The van der Waals surface area contributed by atoms with Gasteiger partial charge in [0.1, 0.15) is 5.82 Å². The van der Waals surface area contributed by atoms with Crippen LogP contribution in [0.15, 0.2) is 158 Å². The second-order valence-corrected chi connectivity index (χ2v) is 12.1. The molecule has 2 heterocycles. The van der Waals surface area contributed by atoms with Crippen molar-refractivity contribution < 1.29 is 0 Å². The van der Waals surface area contributed by atoms with Crippen molar-refractivity contribution in [1.82, 2.24) is 4.98 Å². The molecule has 6 aromatic carbocycles. The third-order valence-electron chi connectivity index (χ3n) is 9.03. The van der Waals surface area contributed by atoms with Crippen LogP contribution in [0.4, 0.5) is 17.2 Å². The Morgan fingerprint density at radius 2 is 1.05 bits per heavy atom. The molecule has 2 nitrogen and oxygen atoms in total. The fourth-order valence-corrected chi connectivity index (χ4v) is 6.68. The number of para-hydroxylation sites is 1. The van der Waals surface area contributed by atoms with Crippen molar-refractivity contribution >= 4 is 28.0 Å². The van der Waals surface area contributed by atoms with Gasteiger partial charge in [-0.3, -0.25) is 4.90 Å². The molecule has 0 N–H and O–H groups in total. The van der Waals surface area contributed by atoms with E-state index in [2.05, 4.69) is 176 Å². The maximum atomic E-state index is 5.34. The second-order valence-electron chi connectivity index (χ2n) is 12.1. The van der Waals surface area contributed by atoms with Crippen LogP contribution in [0.25, 0.3) is 44.3 Å². The van der Waals surface area contributed by atoms with Crippen molar-refractivity contribution in [2.24, 2.45) is 0 Å². The molecule has 0 radical (unpaired) electrons. The van der Waals surface area contributed by atoms with Gasteiger partial charge in [0.05, 0.1) is 17.1 Å². The number of benzene rings is 6. The molecule has 0 spiro atoms. The zero-order valence-electron chi connectivity index (χ0n) is 24.9. The molecule has 0 fully saturated rings. The lowest BCUT2D eigenvalue weighted by Crippen LogP contribution is -2.31. The summed E-state index contributed by atoms with van der Waals surface area (Å²) in [6.07, 6.45) is 0. The lowest BCUT2D eigenvalue weighted by Gasteiger charge is -2.42. The Balaban J connectivity index is 1.35. The van der Waals surface area contributed by atoms with Gasteiger partial charge in [-0.1, -0.05) is 135 Å². The van der Waals surface area contributed by atoms with E-state index in [1.165, 1.54) is 44.3 Å². The highest BCUT2D eigenvalue weighted by molar-refractivity contribution is 5.91. The normalized spacial score (nSPS) is 13.4. The molecule has 44 heavy (non-hydrogen) atoms. The second kappa shape index (κ2) is 10.4. The maximum Gasteiger partial charge on any atom is 0.138 e. The first kappa shape index (κ1) is 26.2. The molecule has 1 aliphatic heterocycles. The summed E-state index contributed by atoms with van der Waals surface area (Å²) in [7, 11) is 0. The summed E-state index contributed by atoms with van der Waals surface area (Å²) >= 11 is 0. The van der Waals surface area contributed by atoms with Crippen molar-refractivity contribution in [3.05, 3.63) is 169 Å². The molecule has 0 amide bonds. The number of hydrogen-bond acceptors (Lipinski definition) is 2. The SMILES string of the molecule is CC1(C)c2ccccc2N(c2cc(-c3ccccc3)cc(-c3ccccc3)n2)c2ccc(-c3ccc4ccccc4c3)cc21. The Hall–Kier alpha value is -5.47. The molecule has 0 unspecified atom stereocenters. The molecule has 1 aliphatic rings. The first-order valence-electron chi connectivity index (χ1n) is 15.2. The van der Waals surface area contributed by atoms with Gasteiger partial charge in [0.15, 0.2) is 0 Å². The van der Waals surface area contributed by atoms with Crippen molar-refractivity contribution in [3.8, 4) is 33.5 Å². The summed E-state index contributed by atoms with van der Waals surface area (Å²) < 4.78 is 0. The van der Waals surface area contributed by atoms with E-state index in [9.17, 15) is 0 Å². The first-order chi connectivity index (χ1) is 21.6. The van der Waals surface area contributed by atoms with Crippen LogP contribution in [0, 0.1) is 0 Å². The molecular formula is C42H32N2. The van der Waals surface area contributed by atoms with Crippen LogP contribution in [0.5, 0.6) is 0 Å². The van der Waals surface area contributed by atoms with Crippen molar-refractivity contribution in [2.75, 3.05) is 4.90 Å². The zero-order chi connectivity index (χ0) is 29.7. The van der Waals surface area contributed by atoms with Crippen LogP contribution in [0.1, 0.15) is 25.0 Å². The Kier molecular flexibility index (Phi) is 6.16. The summed E-state index contributed by atoms with van der Waals surface area (Å²) in [5.74, 6) is 0.910. The van der Waals surface area contributed by atoms with Crippen molar-refractivity contribution in [2.45, 2.75) is 19.3 Å². The summed E-state index contributed by atoms with van der Waals surface area (Å²) in [6.45, 7) is 4.69. The molecule has 7 aromatic rings. The number of nitrogens with zero attached hydrogens (tertiary/aromatic N) is 2. The number of rotatable bonds is 4. The number of fused-ring (bicyclic) bond motifs is 3. The monoisotopic (exact) mass is 564 g/mol. The van der Waals surface area contributed by atoms with Crippen molar-refractivity contribution in [1.29, 1.82) is 0 Å². The fourth-order valence-electron chi connectivity index (χ4n) is 6.68. The van der Waals surface area contributed by atoms with Crippen LogP contribution < -0.4 is 4.90 Å². The van der Waals surface area contributed by atoms with E-state index in [1.807, 2.05) is 0 Å². The third-order valence-corrected chi connectivity index (χ3v) is 9.03. The van der Waals surface area contributed by atoms with Crippen LogP contribution in [0.3, 0.4) is 0 Å². The molecule has 0 bridgehead atoms. The summed E-state index contributed by atoms with van der Waals surface area (Å²) in [5, 5.41) is 2.51. The van der Waals surface area contributed by atoms with Gasteiger partial charge in [-0.2, -0.15) is 0 Å². The minimum absolute atomic E-state index is 0.200. The van der Waals surface area contributed by atoms with Crippen LogP contribution in [-0.4, -0.2) is 4.98 Å². The van der Waals surface area contributed by atoms with E-state index in [0.717, 1.165) is 28.3 Å². The van der Waals surface area contributed by atoms with Gasteiger partial charge < -0.3 is 0 Å². The van der Waals surface area contributed by atoms with E-state index >= 15 is 0 Å². The summed E-state index contributed by atoms with van der Waals surface area (Å²) in [6, 6.07) is 56.6. The molecule has 210 valence electrons. The largest absolute Gasteiger partial charge is 0.294 e. The number of hydrogen-bond donors (Lipinski definition) is 0. The average molecular weight is 565 g/mol. The van der Waals surface area contributed by atoms with E-state index in [0.29, 0.717) is 0 Å². The molecule has 8 rings (SSSR count). The van der Waals surface area contributed by atoms with Crippen molar-refractivity contribution in [3.63, 3.8) is 0 Å². The molecule has 0 aliphatic carbocycles. The van der Waals surface area contributed by atoms with Gasteiger partial charge in [0, 0.05) is 11.0 Å². The minimum atomic E-state index is -0.200. The number of anilines is 3. The first-order valence-corrected chi connectivity index (χ1v) is 15.2. The Morgan fingerprint density at radius 1 is 0.432 bits per heavy atom. The molecule has 0 atom stereocenters. The van der Waals surface area contributed by atoms with Crippen LogP contribution in [-0.2, 0) is 5.41 Å². The smallest absolute Gasteiger partial charge is 0.138 e. The average Bonchev–Trinajstić information content (AvgIpc) is 3.09. The number of pyridine rings is 1. The molecule has 2 heteroatoms. The van der Waals surface area contributed by atoms with Gasteiger partial charge in [0.2, 0.25) is 0 Å². The van der Waals surface area contributed by atoms with Gasteiger partial charge in [-0.25, -0.2) is 4.98 Å². The topological polar surface area (TPSA) is 16.1 Å². The lowest BCUT2D eigenvalue weighted by molar-refractivity contribution is 0.631. The minimum Gasteiger partial charge on any atom is -0.294 e. The van der Waals surface area contributed by atoms with Gasteiger partial charge in [0.25, 0.3) is 0 Å². The number of aromatic nitrogens is 1. The van der Waals surface area contributed by atoms with Gasteiger partial charge in [-0.05, 0) is 80.6 Å². The van der Waals surface area contributed by atoms with Gasteiger partial charge >= 0.3 is 0 Å². The molecular weight excluding hydrogens is 532 g/mol. The van der Waals surface area contributed by atoms with E-state index in [-0.39, 0.29) is 5.41 Å². The standard InChI is InChI=1S/C42H32N2/c1-42(2)36-19-11-12-20-39(36)44(40-24-23-34(26-37(40)42)33-22-21-30-15-9-10-18-32(30)25-33)41-28-35(29-13-5-3-6-14-29)27-38(43-41)31-16-7-4-8-17-31/h3-28H,1-2H3. The Morgan fingerprint density at radius 3 is 1.84 bits per heavy atom. The molecule has 1 aromatic heterocycles. The predicted octanol–water partition coefficient (Wildman–Crippen LogP) is 11.3. The zero-order valence-corrected chi connectivity index (χ0v) is 24.9. The van der Waals surface area contributed by atoms with Crippen LogP contribution in [0.2, 0.25) is 0 Å². The predicted molar refractivity (Wildman–Crippen MR) is 185 cm³/mol. The quantitative estimate of drug-likeness (QED) is 0.211. The Bertz CT molecular complexity index is 2090. The highest BCUT2D eigenvalue weighted by atomic mass is 15.2. The highest BCUT2D eigenvalue weighted by Gasteiger charge is 2.37. The molecule has 0 saturated carbocycles. The maximum absolute atomic E-state index is 5.34. The van der Waals surface area contributed by atoms with E-state index < -0.39 is 0 Å².